The average molecular weight is 842 g/mol. The first-order valence-electron chi connectivity index (χ1n) is 15.7. The minimum absolute atomic E-state index is 0. The van der Waals surface area contributed by atoms with Crippen LogP contribution in [0.15, 0.2) is 98.8 Å². The molecule has 2 aromatic heterocycles. The van der Waals surface area contributed by atoms with Gasteiger partial charge in [-0.25, -0.2) is 15.0 Å². The third-order valence-electron chi connectivity index (χ3n) is 7.09. The lowest BCUT2D eigenvalue weighted by atomic mass is 10.1. The zero-order chi connectivity index (χ0) is 38.8. The molecule has 0 unspecified atom stereocenters. The number of benzene rings is 3. The highest BCUT2D eigenvalue weighted by Crippen LogP contribution is 2.35. The number of nitro groups is 1. The summed E-state index contributed by atoms with van der Waals surface area (Å²) in [6.45, 7) is 2.07. The third-order valence-corrected chi connectivity index (χ3v) is 9.15. The van der Waals surface area contributed by atoms with Crippen molar-refractivity contribution >= 4 is 109 Å². The van der Waals surface area contributed by atoms with Crippen LogP contribution in [0.2, 0.25) is 5.15 Å². The van der Waals surface area contributed by atoms with Gasteiger partial charge < -0.3 is 25.2 Å². The van der Waals surface area contributed by atoms with E-state index in [4.69, 9.17) is 51.1 Å². The van der Waals surface area contributed by atoms with Gasteiger partial charge in [0.05, 0.1) is 46.4 Å². The second kappa shape index (κ2) is 19.7. The fraction of sp³-hybridized carbons (Fsp3) is 0.167. The summed E-state index contributed by atoms with van der Waals surface area (Å²) in [6.07, 6.45) is 3.41. The summed E-state index contributed by atoms with van der Waals surface area (Å²) in [5.74, 6) is 1.71. The number of aromatic nitrogens is 4. The van der Waals surface area contributed by atoms with Gasteiger partial charge >= 0.3 is 5.70 Å². The van der Waals surface area contributed by atoms with Crippen LogP contribution in [0.3, 0.4) is 0 Å². The van der Waals surface area contributed by atoms with E-state index >= 15 is 0 Å². The standard InChI is InChI=1S/C15H15N5OS.C10H6Cl3N3O2.C10H8ClN3.CH4/c1-20(2)10-17-15-19-18-14(22-15)12(9-16)8-11-4-6-13(21-3)7-5-11;11-7(9(12)13)8(16(17)18)10-14-5-3-1-2-4-6(5)15-10;11-9-10(14-5-6-14)13-8-4-2-1-3-7(8)12-9;/h4-8,10H,1-3H3;1-4,14-15H;1-4H,5-6H2;1H4/b12-8+,17-10?;;;. The van der Waals surface area contributed by atoms with Gasteiger partial charge in [0.2, 0.25) is 5.13 Å². The third kappa shape index (κ3) is 11.5. The van der Waals surface area contributed by atoms with Crippen LogP contribution in [0.25, 0.3) is 22.7 Å². The van der Waals surface area contributed by atoms with Crippen LogP contribution in [0.1, 0.15) is 18.0 Å². The predicted molar refractivity (Wildman–Crippen MR) is 224 cm³/mol. The molecule has 0 spiro atoms. The highest BCUT2D eigenvalue weighted by atomic mass is 35.5. The van der Waals surface area contributed by atoms with Crippen LogP contribution in [-0.2, 0) is 0 Å². The second-order valence-electron chi connectivity index (χ2n) is 11.2. The fourth-order valence-corrected chi connectivity index (χ4v) is 5.72. The number of rotatable bonds is 8. The largest absolute Gasteiger partial charge is 0.497 e. The minimum Gasteiger partial charge on any atom is -0.497 e. The molecule has 19 heteroatoms. The smallest absolute Gasteiger partial charge is 0.330 e. The summed E-state index contributed by atoms with van der Waals surface area (Å²) < 4.78 is 4.74. The number of nitrogens with zero attached hydrogens (tertiary/aromatic N) is 9. The molecule has 1 saturated heterocycles. The molecule has 2 N–H and O–H groups in total. The molecule has 14 nitrogen and oxygen atoms in total. The summed E-state index contributed by atoms with van der Waals surface area (Å²) in [4.78, 5) is 27.2. The minimum atomic E-state index is -0.658. The van der Waals surface area contributed by atoms with Gasteiger partial charge in [0.25, 0.3) is 0 Å². The Bertz CT molecular complexity index is 2290. The monoisotopic (exact) mass is 839 g/mol. The van der Waals surface area contributed by atoms with Crippen molar-refractivity contribution < 1.29 is 9.66 Å². The number of hydrogen-bond acceptors (Lipinski definition) is 13. The molecule has 5 aromatic rings. The molecule has 0 amide bonds. The Morgan fingerprint density at radius 1 is 1.00 bits per heavy atom. The summed E-state index contributed by atoms with van der Waals surface area (Å²) in [5.41, 5.74) is 4.11. The zero-order valence-electron chi connectivity index (χ0n) is 28.7. The van der Waals surface area contributed by atoms with Crippen molar-refractivity contribution in [2.75, 3.05) is 49.8 Å². The number of halogens is 4. The molecule has 0 atom stereocenters. The summed E-state index contributed by atoms with van der Waals surface area (Å²) in [6, 6.07) is 24.5. The Hall–Kier alpha value is -5.50. The quantitative estimate of drug-likeness (QED) is 0.0380. The van der Waals surface area contributed by atoms with Crippen LogP contribution >= 0.6 is 57.7 Å². The molecule has 2 aliphatic heterocycles. The topological polar surface area (TPSA) is 170 Å². The Morgan fingerprint density at radius 2 is 1.60 bits per heavy atom. The normalized spacial score (nSPS) is 12.4. The Balaban J connectivity index is 0.000000186. The van der Waals surface area contributed by atoms with E-state index in [0.29, 0.717) is 32.2 Å². The SMILES string of the molecule is C.COc1ccc(/C=C(\C#N)c2nnc(N=CN(C)C)s2)cc1.Clc1nc2ccccc2nc1N1CC1.O=[N+]([O-])C(=C1Nc2ccccc2N1)C(Cl)=C(Cl)Cl. The number of nitrogens with one attached hydrogen (secondary N) is 2. The number of hydrogen-bond donors (Lipinski definition) is 2. The molecule has 0 bridgehead atoms. The number of methoxy groups -OCH3 is 1. The highest BCUT2D eigenvalue weighted by molar-refractivity contribution is 7.16. The number of fused-ring (bicyclic) bond motifs is 2. The van der Waals surface area contributed by atoms with Crippen molar-refractivity contribution in [1.82, 2.24) is 25.1 Å². The maximum Gasteiger partial charge on any atom is 0.330 e. The number of nitriles is 1. The van der Waals surface area contributed by atoms with Gasteiger partial charge in [-0.3, -0.25) is 10.1 Å². The molecular formula is C36H33Cl4N11O3S. The number of anilines is 3. The lowest BCUT2D eigenvalue weighted by Crippen LogP contribution is -2.11. The number of aliphatic imine (C=N–C) groups is 1. The molecule has 284 valence electrons. The lowest BCUT2D eigenvalue weighted by molar-refractivity contribution is -0.420. The van der Waals surface area contributed by atoms with Crippen molar-refractivity contribution in [3.63, 3.8) is 0 Å². The van der Waals surface area contributed by atoms with Crippen molar-refractivity contribution in [2.45, 2.75) is 7.43 Å². The van der Waals surface area contributed by atoms with E-state index < -0.39 is 10.6 Å². The van der Waals surface area contributed by atoms with Crippen molar-refractivity contribution in [3.05, 3.63) is 120 Å². The van der Waals surface area contributed by atoms with Gasteiger partial charge in [-0.1, -0.05) is 102 Å². The molecule has 0 saturated carbocycles. The maximum absolute atomic E-state index is 11.0. The van der Waals surface area contributed by atoms with E-state index in [2.05, 4.69) is 46.8 Å². The average Bonchev–Trinajstić information content (AvgIpc) is 3.74. The van der Waals surface area contributed by atoms with E-state index in [1.807, 2.05) is 62.6 Å². The molecular weight excluding hydrogens is 808 g/mol. The van der Waals surface area contributed by atoms with Crippen molar-refractivity contribution in [1.29, 1.82) is 5.26 Å². The molecule has 7 rings (SSSR count). The summed E-state index contributed by atoms with van der Waals surface area (Å²) >= 11 is 24.0. The van der Waals surface area contributed by atoms with Crippen molar-refractivity contribution in [3.8, 4) is 11.8 Å². The number of ether oxygens (including phenoxy) is 1. The Kier molecular flexibility index (Phi) is 15.1. The van der Waals surface area contributed by atoms with Gasteiger partial charge in [0.1, 0.15) is 16.3 Å². The first-order valence-corrected chi connectivity index (χ1v) is 18.0. The van der Waals surface area contributed by atoms with Gasteiger partial charge in [-0.2, -0.15) is 5.26 Å². The van der Waals surface area contributed by atoms with Crippen LogP contribution in [0.5, 0.6) is 5.75 Å². The molecule has 2 aliphatic rings. The zero-order valence-corrected chi connectivity index (χ0v) is 32.5. The maximum atomic E-state index is 11.0. The fourth-order valence-electron chi connectivity index (χ4n) is 4.47. The summed E-state index contributed by atoms with van der Waals surface area (Å²) in [7, 11) is 5.36. The first kappa shape index (κ1) is 42.2. The number of allylic oxidation sites excluding steroid dienone is 2. The second-order valence-corrected chi connectivity index (χ2v) is 13.8. The molecule has 0 aliphatic carbocycles. The van der Waals surface area contributed by atoms with E-state index in [1.165, 1.54) is 11.3 Å². The molecule has 0 radical (unpaired) electrons. The Morgan fingerprint density at radius 3 is 2.13 bits per heavy atom. The molecule has 1 fully saturated rings. The van der Waals surface area contributed by atoms with E-state index in [0.717, 1.165) is 41.3 Å². The summed E-state index contributed by atoms with van der Waals surface area (Å²) in [5, 5.41) is 35.2. The molecule has 55 heavy (non-hydrogen) atoms. The number of para-hydroxylation sites is 4. The van der Waals surface area contributed by atoms with E-state index in [9.17, 15) is 15.4 Å². The van der Waals surface area contributed by atoms with Gasteiger partial charge in [-0.05, 0) is 48.0 Å². The molecule has 4 heterocycles. The first-order chi connectivity index (χ1) is 26.0. The van der Waals surface area contributed by atoms with Crippen LogP contribution in [-0.4, -0.2) is 70.6 Å². The molecule has 3 aromatic carbocycles. The van der Waals surface area contributed by atoms with E-state index in [-0.39, 0.29) is 22.8 Å². The van der Waals surface area contributed by atoms with Gasteiger partial charge in [0, 0.05) is 27.2 Å². The van der Waals surface area contributed by atoms with Crippen LogP contribution in [0, 0.1) is 21.4 Å². The van der Waals surface area contributed by atoms with Crippen LogP contribution < -0.4 is 20.3 Å². The van der Waals surface area contributed by atoms with Crippen molar-refractivity contribution in [2.24, 2.45) is 4.99 Å². The van der Waals surface area contributed by atoms with E-state index in [1.54, 1.807) is 48.7 Å². The van der Waals surface area contributed by atoms with Gasteiger partial charge in [0.15, 0.2) is 26.8 Å². The highest BCUT2D eigenvalue weighted by Gasteiger charge is 2.29. The van der Waals surface area contributed by atoms with Gasteiger partial charge in [-0.15, -0.1) is 10.2 Å². The lowest BCUT2D eigenvalue weighted by Gasteiger charge is -2.04. The predicted octanol–water partition coefficient (Wildman–Crippen LogP) is 9.43. The Labute approximate surface area is 341 Å². The van der Waals surface area contributed by atoms with Crippen LogP contribution in [0.4, 0.5) is 22.3 Å².